The van der Waals surface area contributed by atoms with E-state index in [1.165, 1.54) is 12.1 Å². The predicted octanol–water partition coefficient (Wildman–Crippen LogP) is 2.70. The first-order chi connectivity index (χ1) is 11.3. The first-order valence-corrected chi connectivity index (χ1v) is 7.58. The molecular formula is C16H18F3NO4. The van der Waals surface area contributed by atoms with Crippen LogP contribution in [0, 0.1) is 11.8 Å². The number of alkyl halides is 3. The van der Waals surface area contributed by atoms with E-state index in [9.17, 15) is 22.8 Å². The van der Waals surface area contributed by atoms with E-state index in [0.717, 1.165) is 12.1 Å². The van der Waals surface area contributed by atoms with E-state index in [4.69, 9.17) is 9.84 Å². The minimum absolute atomic E-state index is 0.117. The van der Waals surface area contributed by atoms with Crippen molar-refractivity contribution in [3.63, 3.8) is 0 Å². The van der Waals surface area contributed by atoms with Crippen LogP contribution in [0.5, 0.6) is 5.75 Å². The number of benzene rings is 1. The van der Waals surface area contributed by atoms with Gasteiger partial charge in [-0.15, -0.1) is 0 Å². The Labute approximate surface area is 136 Å². The fraction of sp³-hybridized carbons (Fsp3) is 0.500. The van der Waals surface area contributed by atoms with Gasteiger partial charge in [0, 0.05) is 5.92 Å². The average molecular weight is 345 g/mol. The molecule has 2 atom stereocenters. The van der Waals surface area contributed by atoms with Gasteiger partial charge in [-0.3, -0.25) is 9.59 Å². The molecule has 0 heterocycles. The third-order valence-corrected chi connectivity index (χ3v) is 4.00. The Balaban J connectivity index is 1.69. The van der Waals surface area contributed by atoms with Crippen LogP contribution in [0.4, 0.5) is 13.2 Å². The van der Waals surface area contributed by atoms with Gasteiger partial charge in [-0.2, -0.15) is 13.2 Å². The van der Waals surface area contributed by atoms with E-state index in [-0.39, 0.29) is 30.7 Å². The summed E-state index contributed by atoms with van der Waals surface area (Å²) in [6.45, 7) is 0.320. The maximum absolute atomic E-state index is 12.4. The van der Waals surface area contributed by atoms with Crippen LogP contribution in [-0.4, -0.2) is 30.1 Å². The lowest BCUT2D eigenvalue weighted by atomic mass is 10.0. The van der Waals surface area contributed by atoms with E-state index in [1.807, 2.05) is 0 Å². The lowest BCUT2D eigenvalue weighted by Gasteiger charge is -2.12. The highest BCUT2D eigenvalue weighted by molar-refractivity contribution is 5.80. The zero-order chi connectivity index (χ0) is 17.7. The van der Waals surface area contributed by atoms with Gasteiger partial charge in [-0.1, -0.05) is 0 Å². The second-order valence-electron chi connectivity index (χ2n) is 5.71. The van der Waals surface area contributed by atoms with Crippen LogP contribution >= 0.6 is 0 Å². The minimum Gasteiger partial charge on any atom is -0.492 e. The van der Waals surface area contributed by atoms with Crippen molar-refractivity contribution in [2.24, 2.45) is 11.8 Å². The van der Waals surface area contributed by atoms with Gasteiger partial charge in [0.1, 0.15) is 12.4 Å². The van der Waals surface area contributed by atoms with Crippen molar-refractivity contribution in [1.29, 1.82) is 0 Å². The van der Waals surface area contributed by atoms with E-state index in [1.54, 1.807) is 0 Å². The highest BCUT2D eigenvalue weighted by atomic mass is 19.4. The molecule has 1 fully saturated rings. The molecule has 8 heteroatoms. The summed E-state index contributed by atoms with van der Waals surface area (Å²) in [7, 11) is 0. The molecule has 1 aromatic carbocycles. The normalized spacial score (nSPS) is 20.6. The number of hydrogen-bond acceptors (Lipinski definition) is 3. The topological polar surface area (TPSA) is 75.6 Å². The summed E-state index contributed by atoms with van der Waals surface area (Å²) in [5.41, 5.74) is -0.752. The van der Waals surface area contributed by atoms with Crippen LogP contribution < -0.4 is 10.1 Å². The van der Waals surface area contributed by atoms with Gasteiger partial charge >= 0.3 is 12.1 Å². The van der Waals surface area contributed by atoms with Crippen molar-refractivity contribution in [1.82, 2.24) is 5.32 Å². The van der Waals surface area contributed by atoms with E-state index in [2.05, 4.69) is 5.32 Å². The Kier molecular flexibility index (Phi) is 5.69. The van der Waals surface area contributed by atoms with E-state index < -0.39 is 23.6 Å². The molecule has 1 saturated carbocycles. The average Bonchev–Trinajstić information content (AvgIpc) is 3.01. The second kappa shape index (κ2) is 7.55. The molecular weight excluding hydrogens is 327 g/mol. The van der Waals surface area contributed by atoms with E-state index in [0.29, 0.717) is 19.3 Å². The standard InChI is InChI=1S/C16H18F3NO4/c17-16(18,19)12-3-5-13(6-4-12)24-8-7-20-14(21)10-1-2-11(9-10)15(22)23/h3-6,10-11H,1-2,7-9H2,(H,20,21)(H,22,23)/t10-,11+/m0/s1. The smallest absolute Gasteiger partial charge is 0.416 e. The van der Waals surface area contributed by atoms with Gasteiger partial charge in [-0.05, 0) is 43.5 Å². The quantitative estimate of drug-likeness (QED) is 0.778. The van der Waals surface area contributed by atoms with Crippen molar-refractivity contribution in [3.8, 4) is 5.75 Å². The Bertz CT molecular complexity index is 586. The number of ether oxygens (including phenoxy) is 1. The molecule has 1 amide bonds. The van der Waals surface area contributed by atoms with Crippen molar-refractivity contribution in [2.45, 2.75) is 25.4 Å². The first-order valence-electron chi connectivity index (χ1n) is 7.58. The number of amides is 1. The molecule has 24 heavy (non-hydrogen) atoms. The van der Waals surface area contributed by atoms with Gasteiger partial charge in [-0.25, -0.2) is 0 Å². The van der Waals surface area contributed by atoms with Crippen molar-refractivity contribution in [3.05, 3.63) is 29.8 Å². The SMILES string of the molecule is O=C(O)[C@@H]1CC[C@H](C(=O)NCCOc2ccc(C(F)(F)F)cc2)C1. The summed E-state index contributed by atoms with van der Waals surface area (Å²) in [4.78, 5) is 22.7. The molecule has 0 radical (unpaired) electrons. The Morgan fingerprint density at radius 2 is 1.79 bits per heavy atom. The van der Waals surface area contributed by atoms with Crippen LogP contribution in [0.1, 0.15) is 24.8 Å². The van der Waals surface area contributed by atoms with E-state index >= 15 is 0 Å². The molecule has 132 valence electrons. The van der Waals surface area contributed by atoms with Gasteiger partial charge in [0.25, 0.3) is 0 Å². The third kappa shape index (κ3) is 4.87. The molecule has 1 aliphatic rings. The Morgan fingerprint density at radius 1 is 1.17 bits per heavy atom. The monoisotopic (exact) mass is 345 g/mol. The maximum Gasteiger partial charge on any atom is 0.416 e. The molecule has 0 spiro atoms. The summed E-state index contributed by atoms with van der Waals surface area (Å²) in [5.74, 6) is -1.59. The number of carboxylic acids is 1. The Hall–Kier alpha value is -2.25. The zero-order valence-electron chi connectivity index (χ0n) is 12.8. The van der Waals surface area contributed by atoms with Crippen molar-refractivity contribution < 1.29 is 32.6 Å². The molecule has 1 aromatic rings. The summed E-state index contributed by atoms with van der Waals surface area (Å²) in [6, 6.07) is 4.30. The van der Waals surface area contributed by atoms with Gasteiger partial charge < -0.3 is 15.2 Å². The molecule has 0 unspecified atom stereocenters. The summed E-state index contributed by atoms with van der Waals surface area (Å²) in [6.07, 6.45) is -3.01. The lowest BCUT2D eigenvalue weighted by Crippen LogP contribution is -2.33. The molecule has 1 aliphatic carbocycles. The zero-order valence-corrected chi connectivity index (χ0v) is 12.8. The lowest BCUT2D eigenvalue weighted by molar-refractivity contribution is -0.141. The molecule has 2 rings (SSSR count). The summed E-state index contributed by atoms with van der Waals surface area (Å²) < 4.78 is 42.5. The van der Waals surface area contributed by atoms with Crippen LogP contribution in [0.15, 0.2) is 24.3 Å². The second-order valence-corrected chi connectivity index (χ2v) is 5.71. The number of hydrogen-bond donors (Lipinski definition) is 2. The number of aliphatic carboxylic acids is 1. The van der Waals surface area contributed by atoms with Crippen molar-refractivity contribution >= 4 is 11.9 Å². The highest BCUT2D eigenvalue weighted by Gasteiger charge is 2.33. The molecule has 0 aromatic heterocycles. The molecule has 0 aliphatic heterocycles. The minimum atomic E-state index is -4.39. The Morgan fingerprint density at radius 3 is 2.33 bits per heavy atom. The summed E-state index contributed by atoms with van der Waals surface area (Å²) >= 11 is 0. The first kappa shape index (κ1) is 18.1. The van der Waals surface area contributed by atoms with Crippen LogP contribution in [0.25, 0.3) is 0 Å². The number of carbonyl (C=O) groups is 2. The van der Waals surface area contributed by atoms with Crippen LogP contribution in [-0.2, 0) is 15.8 Å². The fourth-order valence-corrected chi connectivity index (χ4v) is 2.67. The number of carboxylic acid groups (broad SMARTS) is 1. The molecule has 2 N–H and O–H groups in total. The predicted molar refractivity (Wildman–Crippen MR) is 78.4 cm³/mol. The third-order valence-electron chi connectivity index (χ3n) is 4.00. The molecule has 0 bridgehead atoms. The highest BCUT2D eigenvalue weighted by Crippen LogP contribution is 2.31. The van der Waals surface area contributed by atoms with Crippen LogP contribution in [0.3, 0.4) is 0 Å². The van der Waals surface area contributed by atoms with Gasteiger partial charge in [0.2, 0.25) is 5.91 Å². The largest absolute Gasteiger partial charge is 0.492 e. The number of halogens is 3. The number of carbonyl (C=O) groups excluding carboxylic acids is 1. The fourth-order valence-electron chi connectivity index (χ4n) is 2.67. The maximum atomic E-state index is 12.4. The molecule has 5 nitrogen and oxygen atoms in total. The summed E-state index contributed by atoms with van der Waals surface area (Å²) in [5, 5.41) is 11.6. The van der Waals surface area contributed by atoms with Gasteiger partial charge in [0.05, 0.1) is 18.0 Å². The number of rotatable bonds is 6. The molecule has 0 saturated heterocycles. The number of nitrogens with one attached hydrogen (secondary N) is 1. The van der Waals surface area contributed by atoms with Crippen LogP contribution in [0.2, 0.25) is 0 Å². The van der Waals surface area contributed by atoms with Crippen molar-refractivity contribution in [2.75, 3.05) is 13.2 Å². The van der Waals surface area contributed by atoms with Gasteiger partial charge in [0.15, 0.2) is 0 Å².